The molecule has 0 amide bonds. The number of anilines is 1. The van der Waals surface area contributed by atoms with E-state index in [9.17, 15) is 5.11 Å². The summed E-state index contributed by atoms with van der Waals surface area (Å²) < 4.78 is 9.98. The van der Waals surface area contributed by atoms with Crippen molar-refractivity contribution in [2.45, 2.75) is 33.0 Å². The number of hydrogen-bond donors (Lipinski definition) is 1. The number of ether oxygens (including phenoxy) is 1. The number of nitrogens with zero attached hydrogens (tertiary/aromatic N) is 3. The van der Waals surface area contributed by atoms with Gasteiger partial charge in [-0.05, 0) is 69.4 Å². The van der Waals surface area contributed by atoms with E-state index >= 15 is 0 Å². The van der Waals surface area contributed by atoms with Crippen molar-refractivity contribution >= 4 is 17.9 Å². The van der Waals surface area contributed by atoms with E-state index in [2.05, 4.69) is 43.0 Å². The summed E-state index contributed by atoms with van der Waals surface area (Å²) in [5, 5.41) is 10.7. The van der Waals surface area contributed by atoms with Crippen LogP contribution in [-0.4, -0.2) is 39.5 Å². The molecule has 0 aliphatic carbocycles. The van der Waals surface area contributed by atoms with Gasteiger partial charge in [0.1, 0.15) is 0 Å². The molecule has 5 nitrogen and oxygen atoms in total. The zero-order valence-electron chi connectivity index (χ0n) is 16.4. The zero-order valence-corrected chi connectivity index (χ0v) is 17.2. The molecule has 1 aromatic heterocycles. The summed E-state index contributed by atoms with van der Waals surface area (Å²) in [6, 6.07) is 18.0. The van der Waals surface area contributed by atoms with Crippen LogP contribution in [0.1, 0.15) is 19.5 Å². The first-order valence-corrected chi connectivity index (χ1v) is 9.96. The van der Waals surface area contributed by atoms with Gasteiger partial charge in [-0.25, -0.2) is 0 Å². The Kier molecular flexibility index (Phi) is 5.00. The van der Waals surface area contributed by atoms with Crippen molar-refractivity contribution in [3.8, 4) is 17.3 Å². The van der Waals surface area contributed by atoms with Gasteiger partial charge < -0.3 is 14.7 Å². The van der Waals surface area contributed by atoms with E-state index in [1.807, 2.05) is 41.8 Å². The Morgan fingerprint density at radius 1 is 0.857 bits per heavy atom. The number of benzene rings is 2. The number of aromatic nitrogens is 2. The fourth-order valence-corrected chi connectivity index (χ4v) is 4.35. The smallest absolute Gasteiger partial charge is 0.218 e. The quantitative estimate of drug-likeness (QED) is 0.657. The minimum Gasteiger partial charge on any atom is -0.493 e. The number of imidazole rings is 1. The first-order valence-electron chi connectivity index (χ1n) is 9.55. The molecule has 6 heteroatoms. The van der Waals surface area contributed by atoms with Crippen molar-refractivity contribution in [1.82, 2.24) is 9.13 Å². The first-order chi connectivity index (χ1) is 13.5. The summed E-state index contributed by atoms with van der Waals surface area (Å²) in [6.07, 6.45) is 0.437. The molecule has 3 aromatic rings. The van der Waals surface area contributed by atoms with E-state index in [1.54, 1.807) is 4.57 Å². The van der Waals surface area contributed by atoms with E-state index in [0.717, 1.165) is 30.2 Å². The third-order valence-electron chi connectivity index (χ3n) is 5.16. The third kappa shape index (κ3) is 3.34. The van der Waals surface area contributed by atoms with E-state index in [0.29, 0.717) is 4.77 Å². The van der Waals surface area contributed by atoms with Gasteiger partial charge in [0.25, 0.3) is 0 Å². The van der Waals surface area contributed by atoms with Crippen molar-refractivity contribution in [1.29, 1.82) is 0 Å². The maximum absolute atomic E-state index is 10.7. The Morgan fingerprint density at radius 2 is 1.39 bits per heavy atom. The average Bonchev–Trinajstić information content (AvgIpc) is 2.90. The molecule has 2 aromatic carbocycles. The molecule has 0 unspecified atom stereocenters. The minimum atomic E-state index is 0.163. The van der Waals surface area contributed by atoms with Crippen LogP contribution < -0.4 is 4.90 Å². The Morgan fingerprint density at radius 3 is 2.00 bits per heavy atom. The van der Waals surface area contributed by atoms with Gasteiger partial charge in [-0.2, -0.15) is 0 Å². The van der Waals surface area contributed by atoms with Crippen LogP contribution in [0, 0.1) is 11.7 Å². The van der Waals surface area contributed by atoms with Crippen molar-refractivity contribution in [3.05, 3.63) is 65.1 Å². The second-order valence-corrected chi connectivity index (χ2v) is 7.74. The number of morpholine rings is 1. The molecule has 1 aliphatic rings. The normalized spacial score (nSPS) is 19.8. The molecule has 0 bridgehead atoms. The standard InChI is InChI=1S/C22H25N3O2S/c1-15-13-23(14-16(2)27-15)18-9-11-20(12-10-18)24-17(3)21(26)25(22(24)28)19-7-5-4-6-8-19/h4-12,15-16,26H,13-14H2,1-3H3/t15-,16-/m0/s1. The van der Waals surface area contributed by atoms with Gasteiger partial charge in [0.15, 0.2) is 4.77 Å². The van der Waals surface area contributed by atoms with Crippen molar-refractivity contribution in [2.24, 2.45) is 0 Å². The second-order valence-electron chi connectivity index (χ2n) is 7.38. The minimum absolute atomic E-state index is 0.163. The maximum Gasteiger partial charge on any atom is 0.218 e. The van der Waals surface area contributed by atoms with E-state index in [1.165, 1.54) is 5.69 Å². The van der Waals surface area contributed by atoms with Crippen LogP contribution in [0.5, 0.6) is 5.88 Å². The molecule has 1 fully saturated rings. The van der Waals surface area contributed by atoms with Gasteiger partial charge in [0.2, 0.25) is 5.88 Å². The van der Waals surface area contributed by atoms with Gasteiger partial charge in [-0.3, -0.25) is 9.13 Å². The third-order valence-corrected chi connectivity index (χ3v) is 5.53. The Labute approximate surface area is 170 Å². The Bertz CT molecular complexity index is 1010. The fourth-order valence-electron chi connectivity index (χ4n) is 3.91. The molecule has 28 heavy (non-hydrogen) atoms. The Hall–Kier alpha value is -2.57. The SMILES string of the molecule is Cc1c(O)n(-c2ccccc2)c(=S)n1-c1ccc(N2C[C@H](C)O[C@@H](C)C2)cc1. The number of para-hydroxylation sites is 1. The van der Waals surface area contributed by atoms with E-state index < -0.39 is 0 Å². The van der Waals surface area contributed by atoms with Crippen LogP contribution in [0.3, 0.4) is 0 Å². The monoisotopic (exact) mass is 395 g/mol. The average molecular weight is 396 g/mol. The Balaban J connectivity index is 1.70. The molecule has 0 saturated carbocycles. The summed E-state index contributed by atoms with van der Waals surface area (Å²) in [6.45, 7) is 7.86. The topological polar surface area (TPSA) is 42.6 Å². The highest BCUT2D eigenvalue weighted by atomic mass is 32.1. The molecule has 0 spiro atoms. The van der Waals surface area contributed by atoms with Gasteiger partial charge in [0.05, 0.1) is 23.6 Å². The number of hydrogen-bond acceptors (Lipinski definition) is 4. The van der Waals surface area contributed by atoms with Crippen molar-refractivity contribution < 1.29 is 9.84 Å². The summed E-state index contributed by atoms with van der Waals surface area (Å²) in [4.78, 5) is 2.35. The van der Waals surface area contributed by atoms with Crippen LogP contribution in [-0.2, 0) is 4.74 Å². The van der Waals surface area contributed by atoms with Gasteiger partial charge in [0, 0.05) is 24.5 Å². The molecule has 1 aliphatic heterocycles. The van der Waals surface area contributed by atoms with Crippen molar-refractivity contribution in [3.63, 3.8) is 0 Å². The lowest BCUT2D eigenvalue weighted by Crippen LogP contribution is -2.45. The lowest BCUT2D eigenvalue weighted by molar-refractivity contribution is -0.00521. The van der Waals surface area contributed by atoms with Crippen LogP contribution in [0.2, 0.25) is 0 Å². The molecule has 2 atom stereocenters. The molecule has 1 saturated heterocycles. The highest BCUT2D eigenvalue weighted by Crippen LogP contribution is 2.29. The summed E-state index contributed by atoms with van der Waals surface area (Å²) in [7, 11) is 0. The molecule has 1 N–H and O–H groups in total. The second kappa shape index (κ2) is 7.45. The number of rotatable bonds is 3. The van der Waals surface area contributed by atoms with Crippen LogP contribution in [0.25, 0.3) is 11.4 Å². The largest absolute Gasteiger partial charge is 0.493 e. The molecule has 146 valence electrons. The lowest BCUT2D eigenvalue weighted by atomic mass is 10.2. The first kappa shape index (κ1) is 18.8. The van der Waals surface area contributed by atoms with Gasteiger partial charge in [-0.1, -0.05) is 18.2 Å². The zero-order chi connectivity index (χ0) is 19.8. The van der Waals surface area contributed by atoms with Gasteiger partial charge in [-0.15, -0.1) is 0 Å². The highest BCUT2D eigenvalue weighted by Gasteiger charge is 2.22. The molecular weight excluding hydrogens is 370 g/mol. The predicted octanol–water partition coefficient (Wildman–Crippen LogP) is 4.63. The summed E-state index contributed by atoms with van der Waals surface area (Å²) in [5.74, 6) is 0.163. The molecule has 0 radical (unpaired) electrons. The molecule has 2 heterocycles. The lowest BCUT2D eigenvalue weighted by Gasteiger charge is -2.36. The van der Waals surface area contributed by atoms with Crippen LogP contribution in [0.15, 0.2) is 54.6 Å². The van der Waals surface area contributed by atoms with Gasteiger partial charge >= 0.3 is 0 Å². The number of aromatic hydroxyl groups is 1. The highest BCUT2D eigenvalue weighted by molar-refractivity contribution is 7.71. The predicted molar refractivity (Wildman–Crippen MR) is 115 cm³/mol. The fraction of sp³-hybridized carbons (Fsp3) is 0.318. The molecule has 4 rings (SSSR count). The molecular formula is C22H25N3O2S. The van der Waals surface area contributed by atoms with E-state index in [-0.39, 0.29) is 18.1 Å². The van der Waals surface area contributed by atoms with E-state index in [4.69, 9.17) is 17.0 Å². The maximum atomic E-state index is 10.7. The summed E-state index contributed by atoms with van der Waals surface area (Å²) >= 11 is 5.69. The van der Waals surface area contributed by atoms with Crippen LogP contribution in [0.4, 0.5) is 5.69 Å². The van der Waals surface area contributed by atoms with Crippen LogP contribution >= 0.6 is 12.2 Å². The summed E-state index contributed by atoms with van der Waals surface area (Å²) in [5.41, 5.74) is 3.67. The van der Waals surface area contributed by atoms with Crippen molar-refractivity contribution in [2.75, 3.05) is 18.0 Å².